The van der Waals surface area contributed by atoms with Crippen LogP contribution in [-0.2, 0) is 10.0 Å². The second-order valence-electron chi connectivity index (χ2n) is 7.62. The molecule has 0 N–H and O–H groups in total. The average molecular weight is 460 g/mol. The van der Waals surface area contributed by atoms with Crippen molar-refractivity contribution >= 4 is 32.5 Å². The zero-order valence-corrected chi connectivity index (χ0v) is 19.1. The molecule has 3 aromatic carbocycles. The Hall–Kier alpha value is -3.98. The molecule has 0 bridgehead atoms. The molecule has 33 heavy (non-hydrogen) atoms. The molecule has 0 unspecified atom stereocenters. The molecule has 166 valence electrons. The van der Waals surface area contributed by atoms with Crippen LogP contribution in [0.5, 0.6) is 5.75 Å². The van der Waals surface area contributed by atoms with E-state index in [1.54, 1.807) is 31.4 Å². The van der Waals surface area contributed by atoms with Gasteiger partial charge in [0.15, 0.2) is 11.6 Å². The summed E-state index contributed by atoms with van der Waals surface area (Å²) >= 11 is 0. The van der Waals surface area contributed by atoms with Gasteiger partial charge in [-0.25, -0.2) is 17.7 Å². The molecule has 0 atom stereocenters. The van der Waals surface area contributed by atoms with Gasteiger partial charge in [-0.3, -0.25) is 4.40 Å². The van der Waals surface area contributed by atoms with Crippen molar-refractivity contribution in [2.24, 2.45) is 0 Å². The Labute approximate surface area is 191 Å². The highest BCUT2D eigenvalue weighted by Crippen LogP contribution is 2.31. The zero-order chi connectivity index (χ0) is 23.2. The summed E-state index contributed by atoms with van der Waals surface area (Å²) in [4.78, 5) is 4.83. The normalized spacial score (nSPS) is 11.7. The highest BCUT2D eigenvalue weighted by atomic mass is 32.2. The lowest BCUT2D eigenvalue weighted by Crippen LogP contribution is -2.28. The number of hydrogen-bond acceptors (Lipinski definition) is 6. The molecule has 0 aliphatic rings. The van der Waals surface area contributed by atoms with Gasteiger partial charge in [-0.2, -0.15) is 0 Å². The third kappa shape index (κ3) is 3.46. The van der Waals surface area contributed by atoms with Crippen LogP contribution in [0.2, 0.25) is 0 Å². The van der Waals surface area contributed by atoms with E-state index >= 15 is 0 Å². The van der Waals surface area contributed by atoms with Gasteiger partial charge in [-0.15, -0.1) is 10.2 Å². The Morgan fingerprint density at radius 3 is 2.30 bits per heavy atom. The first-order chi connectivity index (χ1) is 15.9. The fourth-order valence-corrected chi connectivity index (χ4v) is 4.84. The average Bonchev–Trinajstić information content (AvgIpc) is 3.29. The number of aromatic nitrogens is 4. The SMILES string of the molecule is COc1ccc(-c2nnc3c(N(C)S(=O)(=O)c4ccc(C)cc4)nc4ccccc4n23)cc1. The molecular weight excluding hydrogens is 438 g/mol. The minimum Gasteiger partial charge on any atom is -0.497 e. The van der Waals surface area contributed by atoms with E-state index in [9.17, 15) is 8.42 Å². The van der Waals surface area contributed by atoms with E-state index in [1.165, 1.54) is 7.05 Å². The third-order valence-corrected chi connectivity index (χ3v) is 7.30. The van der Waals surface area contributed by atoms with Gasteiger partial charge in [0.2, 0.25) is 5.65 Å². The van der Waals surface area contributed by atoms with Crippen LogP contribution in [0.25, 0.3) is 28.1 Å². The molecule has 0 saturated carbocycles. The number of ether oxygens (including phenoxy) is 1. The molecule has 0 spiro atoms. The summed E-state index contributed by atoms with van der Waals surface area (Å²) in [5.41, 5.74) is 3.53. The molecule has 0 aliphatic heterocycles. The van der Waals surface area contributed by atoms with Gasteiger partial charge >= 0.3 is 0 Å². The van der Waals surface area contributed by atoms with Crippen molar-refractivity contribution in [2.45, 2.75) is 11.8 Å². The molecule has 0 amide bonds. The number of fused-ring (bicyclic) bond motifs is 3. The third-order valence-electron chi connectivity index (χ3n) is 5.54. The first kappa shape index (κ1) is 20.9. The summed E-state index contributed by atoms with van der Waals surface area (Å²) in [5, 5.41) is 8.73. The highest BCUT2D eigenvalue weighted by molar-refractivity contribution is 7.92. The second-order valence-corrected chi connectivity index (χ2v) is 9.59. The first-order valence-corrected chi connectivity index (χ1v) is 11.7. The van der Waals surface area contributed by atoms with E-state index in [1.807, 2.05) is 59.9 Å². The Balaban J connectivity index is 1.74. The number of hydrogen-bond donors (Lipinski definition) is 0. The zero-order valence-electron chi connectivity index (χ0n) is 18.3. The number of aryl methyl sites for hydroxylation is 1. The van der Waals surface area contributed by atoms with Crippen molar-refractivity contribution in [3.63, 3.8) is 0 Å². The molecule has 0 fully saturated rings. The quantitative estimate of drug-likeness (QED) is 0.393. The Morgan fingerprint density at radius 2 is 1.61 bits per heavy atom. The predicted octanol–water partition coefficient (Wildman–Crippen LogP) is 4.09. The van der Waals surface area contributed by atoms with Crippen molar-refractivity contribution in [3.8, 4) is 17.1 Å². The molecule has 2 aromatic heterocycles. The fourth-order valence-electron chi connectivity index (χ4n) is 3.69. The van der Waals surface area contributed by atoms with Gasteiger partial charge in [0.05, 0.1) is 23.0 Å². The van der Waals surface area contributed by atoms with E-state index < -0.39 is 10.0 Å². The van der Waals surface area contributed by atoms with Crippen molar-refractivity contribution in [2.75, 3.05) is 18.5 Å². The molecule has 0 radical (unpaired) electrons. The summed E-state index contributed by atoms with van der Waals surface area (Å²) in [5.74, 6) is 1.50. The molecule has 5 aromatic rings. The van der Waals surface area contributed by atoms with Crippen molar-refractivity contribution in [1.29, 1.82) is 0 Å². The van der Waals surface area contributed by atoms with Gasteiger partial charge in [-0.1, -0.05) is 29.8 Å². The fraction of sp³-hybridized carbons (Fsp3) is 0.125. The van der Waals surface area contributed by atoms with Crippen LogP contribution >= 0.6 is 0 Å². The maximum absolute atomic E-state index is 13.4. The Kier molecular flexibility index (Phi) is 4.98. The molecule has 2 heterocycles. The molecule has 5 rings (SSSR count). The summed E-state index contributed by atoms with van der Waals surface area (Å²) in [6.07, 6.45) is 0. The number of benzene rings is 3. The summed E-state index contributed by atoms with van der Waals surface area (Å²) in [7, 11) is -0.772. The van der Waals surface area contributed by atoms with Crippen LogP contribution < -0.4 is 9.04 Å². The molecule has 8 nitrogen and oxygen atoms in total. The Bertz CT molecular complexity index is 1580. The van der Waals surface area contributed by atoms with Gasteiger partial charge in [0.1, 0.15) is 5.75 Å². The minimum absolute atomic E-state index is 0.179. The maximum atomic E-state index is 13.4. The lowest BCUT2D eigenvalue weighted by atomic mass is 10.2. The smallest absolute Gasteiger partial charge is 0.265 e. The summed E-state index contributed by atoms with van der Waals surface area (Å²) in [6.45, 7) is 1.91. The van der Waals surface area contributed by atoms with Crippen LogP contribution in [0.15, 0.2) is 77.7 Å². The van der Waals surface area contributed by atoms with Gasteiger partial charge < -0.3 is 4.74 Å². The molecule has 9 heteroatoms. The van der Waals surface area contributed by atoms with Crippen molar-refractivity contribution in [3.05, 3.63) is 78.4 Å². The minimum atomic E-state index is -3.86. The number of rotatable bonds is 5. The Morgan fingerprint density at radius 1 is 0.909 bits per heavy atom. The van der Waals surface area contributed by atoms with Crippen LogP contribution in [0, 0.1) is 6.92 Å². The lowest BCUT2D eigenvalue weighted by molar-refractivity contribution is 0.415. The highest BCUT2D eigenvalue weighted by Gasteiger charge is 2.27. The summed E-state index contributed by atoms with van der Waals surface area (Å²) in [6, 6.07) is 21.7. The number of sulfonamides is 1. The van der Waals surface area contributed by atoms with Gasteiger partial charge in [-0.05, 0) is 55.5 Å². The molecule has 0 aliphatic carbocycles. The number of para-hydroxylation sites is 2. The molecule has 0 saturated heterocycles. The van der Waals surface area contributed by atoms with E-state index in [4.69, 9.17) is 4.74 Å². The van der Waals surface area contributed by atoms with E-state index in [2.05, 4.69) is 15.2 Å². The second kappa shape index (κ2) is 7.86. The van der Waals surface area contributed by atoms with Crippen molar-refractivity contribution < 1.29 is 13.2 Å². The number of methoxy groups -OCH3 is 1. The number of anilines is 1. The van der Waals surface area contributed by atoms with Crippen LogP contribution in [0.1, 0.15) is 5.56 Å². The van der Waals surface area contributed by atoms with Crippen LogP contribution in [0.3, 0.4) is 0 Å². The molecular formula is C24H21N5O3S. The van der Waals surface area contributed by atoms with E-state index in [-0.39, 0.29) is 10.7 Å². The standard InChI is InChI=1S/C24H21N5O3S/c1-16-8-14-19(15-9-16)33(30,31)28(2)23-24-27-26-22(17-10-12-18(32-3)13-11-17)29(24)21-7-5-4-6-20(21)25-23/h4-15H,1-3H3. The predicted molar refractivity (Wildman–Crippen MR) is 127 cm³/mol. The lowest BCUT2D eigenvalue weighted by Gasteiger charge is -2.20. The monoisotopic (exact) mass is 459 g/mol. The van der Waals surface area contributed by atoms with Crippen molar-refractivity contribution in [1.82, 2.24) is 19.6 Å². The van der Waals surface area contributed by atoms with E-state index in [0.717, 1.165) is 26.7 Å². The van der Waals surface area contributed by atoms with Gasteiger partial charge in [0.25, 0.3) is 10.0 Å². The largest absolute Gasteiger partial charge is 0.497 e. The maximum Gasteiger partial charge on any atom is 0.265 e. The summed E-state index contributed by atoms with van der Waals surface area (Å²) < 4.78 is 35.0. The van der Waals surface area contributed by atoms with Crippen LogP contribution in [0.4, 0.5) is 5.82 Å². The number of nitrogens with zero attached hydrogens (tertiary/aromatic N) is 5. The van der Waals surface area contributed by atoms with Gasteiger partial charge in [0, 0.05) is 12.6 Å². The first-order valence-electron chi connectivity index (χ1n) is 10.2. The topological polar surface area (TPSA) is 89.7 Å². The van der Waals surface area contributed by atoms with Crippen LogP contribution in [-0.4, -0.2) is 42.2 Å². The van der Waals surface area contributed by atoms with E-state index in [0.29, 0.717) is 17.0 Å².